The summed E-state index contributed by atoms with van der Waals surface area (Å²) in [4.78, 5) is 18.0. The first-order valence-electron chi connectivity index (χ1n) is 9.61. The molecule has 4 aromatic rings. The van der Waals surface area contributed by atoms with Crippen LogP contribution in [-0.2, 0) is 6.18 Å². The van der Waals surface area contributed by atoms with E-state index in [0.29, 0.717) is 27.4 Å². The Hall–Kier alpha value is -3.79. The van der Waals surface area contributed by atoms with Crippen molar-refractivity contribution in [1.82, 2.24) is 4.98 Å². The topological polar surface area (TPSA) is 86.5 Å². The Labute approximate surface area is 190 Å². The first-order chi connectivity index (χ1) is 15.7. The van der Waals surface area contributed by atoms with Crippen molar-refractivity contribution >= 4 is 38.8 Å². The number of nitrogens with one attached hydrogen (secondary N) is 1. The molecule has 10 heteroatoms. The minimum atomic E-state index is -4.51. The van der Waals surface area contributed by atoms with E-state index in [1.54, 1.807) is 31.4 Å². The second kappa shape index (κ2) is 8.62. The first-order valence-corrected chi connectivity index (χ1v) is 10.4. The summed E-state index contributed by atoms with van der Waals surface area (Å²) in [5.74, 6) is 0.516. The zero-order chi connectivity index (χ0) is 23.8. The van der Waals surface area contributed by atoms with Crippen LogP contribution in [0.2, 0.25) is 0 Å². The molecule has 0 radical (unpaired) electrons. The third-order valence-electron chi connectivity index (χ3n) is 4.93. The van der Waals surface area contributed by atoms with Gasteiger partial charge >= 0.3 is 6.18 Å². The van der Waals surface area contributed by atoms with E-state index in [0.717, 1.165) is 29.0 Å². The van der Waals surface area contributed by atoms with Crippen LogP contribution >= 0.6 is 11.3 Å². The number of methoxy groups -OCH3 is 2. The standard InChI is InChI=1S/C23H18F3N3O3S/c1-31-17-9-6-12(10-18(17)32-2)16-8-7-15-19(27)20(33-22(15)29-16)21(30)28-14-5-3-4-13(11-14)23(24,25)26/h3-11H,27H2,1-2H3,(H,28,30). The minimum absolute atomic E-state index is 0.0191. The van der Waals surface area contributed by atoms with Crippen LogP contribution in [0.4, 0.5) is 24.5 Å². The first kappa shape index (κ1) is 22.4. The predicted molar refractivity (Wildman–Crippen MR) is 122 cm³/mol. The van der Waals surface area contributed by atoms with E-state index in [4.69, 9.17) is 15.2 Å². The fourth-order valence-electron chi connectivity index (χ4n) is 3.28. The third kappa shape index (κ3) is 4.42. The van der Waals surface area contributed by atoms with E-state index >= 15 is 0 Å². The van der Waals surface area contributed by atoms with E-state index in [-0.39, 0.29) is 16.3 Å². The van der Waals surface area contributed by atoms with Crippen molar-refractivity contribution in [3.63, 3.8) is 0 Å². The lowest BCUT2D eigenvalue weighted by molar-refractivity contribution is -0.137. The highest BCUT2D eigenvalue weighted by atomic mass is 32.1. The lowest BCUT2D eigenvalue weighted by Gasteiger charge is -2.09. The largest absolute Gasteiger partial charge is 0.493 e. The molecule has 33 heavy (non-hydrogen) atoms. The number of ether oxygens (including phenoxy) is 2. The van der Waals surface area contributed by atoms with Gasteiger partial charge in [0.1, 0.15) is 9.71 Å². The lowest BCUT2D eigenvalue weighted by Crippen LogP contribution is -2.13. The van der Waals surface area contributed by atoms with Crippen LogP contribution in [0.25, 0.3) is 21.5 Å². The summed E-state index contributed by atoms with van der Waals surface area (Å²) in [6.07, 6.45) is -4.51. The van der Waals surface area contributed by atoms with Crippen LogP contribution in [-0.4, -0.2) is 25.1 Å². The highest BCUT2D eigenvalue weighted by Crippen LogP contribution is 2.37. The van der Waals surface area contributed by atoms with Crippen LogP contribution in [0.3, 0.4) is 0 Å². The van der Waals surface area contributed by atoms with Gasteiger partial charge in [0.2, 0.25) is 0 Å². The number of alkyl halides is 3. The number of rotatable bonds is 5. The molecule has 4 rings (SSSR count). The lowest BCUT2D eigenvalue weighted by atomic mass is 10.1. The van der Waals surface area contributed by atoms with Gasteiger partial charge in [0.25, 0.3) is 5.91 Å². The number of amides is 1. The number of hydrogen-bond acceptors (Lipinski definition) is 6. The molecule has 0 fully saturated rings. The number of thiophene rings is 1. The Balaban J connectivity index is 1.65. The number of aromatic nitrogens is 1. The van der Waals surface area contributed by atoms with Gasteiger partial charge in [-0.05, 0) is 48.5 Å². The number of pyridine rings is 1. The van der Waals surface area contributed by atoms with E-state index < -0.39 is 17.6 Å². The van der Waals surface area contributed by atoms with Crippen molar-refractivity contribution in [1.29, 1.82) is 0 Å². The predicted octanol–water partition coefficient (Wildman–Crippen LogP) is 5.83. The summed E-state index contributed by atoms with van der Waals surface area (Å²) in [5.41, 5.74) is 6.94. The molecule has 0 aliphatic heterocycles. The molecule has 0 saturated heterocycles. The molecule has 0 bridgehead atoms. The van der Waals surface area contributed by atoms with Crippen molar-refractivity contribution in [2.24, 2.45) is 0 Å². The quantitative estimate of drug-likeness (QED) is 0.381. The molecule has 170 valence electrons. The minimum Gasteiger partial charge on any atom is -0.493 e. The van der Waals surface area contributed by atoms with E-state index in [9.17, 15) is 18.0 Å². The zero-order valence-electron chi connectivity index (χ0n) is 17.5. The highest BCUT2D eigenvalue weighted by Gasteiger charge is 2.30. The highest BCUT2D eigenvalue weighted by molar-refractivity contribution is 7.21. The zero-order valence-corrected chi connectivity index (χ0v) is 18.3. The summed E-state index contributed by atoms with van der Waals surface area (Å²) in [5, 5.41) is 3.06. The van der Waals surface area contributed by atoms with Crippen molar-refractivity contribution in [3.8, 4) is 22.8 Å². The average molecular weight is 473 g/mol. The number of anilines is 2. The number of halogens is 3. The Morgan fingerprint density at radius 1 is 1.03 bits per heavy atom. The van der Waals surface area contributed by atoms with Gasteiger partial charge < -0.3 is 20.5 Å². The van der Waals surface area contributed by atoms with Crippen LogP contribution < -0.4 is 20.5 Å². The van der Waals surface area contributed by atoms with Gasteiger partial charge in [-0.15, -0.1) is 11.3 Å². The van der Waals surface area contributed by atoms with Gasteiger partial charge in [0.15, 0.2) is 11.5 Å². The third-order valence-corrected chi connectivity index (χ3v) is 6.04. The number of fused-ring (bicyclic) bond motifs is 1. The van der Waals surface area contributed by atoms with Crippen LogP contribution in [0, 0.1) is 0 Å². The molecule has 2 heterocycles. The molecule has 1 amide bonds. The maximum Gasteiger partial charge on any atom is 0.416 e. The normalized spacial score (nSPS) is 11.4. The Kier molecular flexibility index (Phi) is 5.86. The molecule has 2 aromatic carbocycles. The van der Waals surface area contributed by atoms with Gasteiger partial charge in [-0.3, -0.25) is 4.79 Å². The smallest absolute Gasteiger partial charge is 0.416 e. The monoisotopic (exact) mass is 473 g/mol. The summed E-state index contributed by atoms with van der Waals surface area (Å²) >= 11 is 1.06. The van der Waals surface area contributed by atoms with Crippen molar-refractivity contribution in [2.75, 3.05) is 25.3 Å². The average Bonchev–Trinajstić information content (AvgIpc) is 3.14. The second-order valence-corrected chi connectivity index (χ2v) is 8.00. The van der Waals surface area contributed by atoms with Crippen LogP contribution in [0.5, 0.6) is 11.5 Å². The molecule has 0 aliphatic carbocycles. The number of carbonyl (C=O) groups is 1. The molecule has 0 unspecified atom stereocenters. The van der Waals surface area contributed by atoms with Gasteiger partial charge in [-0.2, -0.15) is 13.2 Å². The molecule has 3 N–H and O–H groups in total. The van der Waals surface area contributed by atoms with E-state index in [1.807, 2.05) is 6.07 Å². The van der Waals surface area contributed by atoms with Gasteiger partial charge in [-0.25, -0.2) is 4.98 Å². The number of carbonyl (C=O) groups excluding carboxylic acids is 1. The van der Waals surface area contributed by atoms with E-state index in [2.05, 4.69) is 10.3 Å². The Morgan fingerprint density at radius 3 is 2.48 bits per heavy atom. The summed E-state index contributed by atoms with van der Waals surface area (Å²) in [7, 11) is 3.08. The maximum atomic E-state index is 12.9. The van der Waals surface area contributed by atoms with Gasteiger partial charge in [0, 0.05) is 16.6 Å². The molecule has 0 saturated carbocycles. The SMILES string of the molecule is COc1ccc(-c2ccc3c(N)c(C(=O)Nc4cccc(C(F)(F)F)c4)sc3n2)cc1OC. The van der Waals surface area contributed by atoms with Crippen molar-refractivity contribution in [3.05, 3.63) is 65.0 Å². The van der Waals surface area contributed by atoms with Crippen molar-refractivity contribution in [2.45, 2.75) is 6.18 Å². The molecule has 0 atom stereocenters. The number of nitrogens with zero attached hydrogens (tertiary/aromatic N) is 1. The van der Waals surface area contributed by atoms with Crippen LogP contribution in [0.15, 0.2) is 54.6 Å². The summed E-state index contributed by atoms with van der Waals surface area (Å²) < 4.78 is 49.4. The Morgan fingerprint density at radius 2 is 1.79 bits per heavy atom. The number of nitrogens with two attached hydrogens (primary N) is 1. The van der Waals surface area contributed by atoms with Gasteiger partial charge in [-0.1, -0.05) is 6.07 Å². The van der Waals surface area contributed by atoms with Gasteiger partial charge in [0.05, 0.1) is 31.2 Å². The van der Waals surface area contributed by atoms with Crippen LogP contribution in [0.1, 0.15) is 15.2 Å². The second-order valence-electron chi connectivity index (χ2n) is 7.00. The fraction of sp³-hybridized carbons (Fsp3) is 0.130. The molecule has 0 aliphatic rings. The maximum absolute atomic E-state index is 12.9. The number of nitrogen functional groups attached to an aromatic ring is 1. The van der Waals surface area contributed by atoms with Crippen molar-refractivity contribution < 1.29 is 27.4 Å². The summed E-state index contributed by atoms with van der Waals surface area (Å²) in [6.45, 7) is 0. The van der Waals surface area contributed by atoms with E-state index in [1.165, 1.54) is 19.2 Å². The Bertz CT molecular complexity index is 1350. The number of hydrogen-bond donors (Lipinski definition) is 2. The molecule has 0 spiro atoms. The fourth-order valence-corrected chi connectivity index (χ4v) is 4.27. The summed E-state index contributed by atoms with van der Waals surface area (Å²) in [6, 6.07) is 13.3. The molecule has 6 nitrogen and oxygen atoms in total. The molecular formula is C23H18F3N3O3S. The molecule has 2 aromatic heterocycles. The molecular weight excluding hydrogens is 455 g/mol. The number of benzene rings is 2.